The molecular formula is C18H17NaO3. The Morgan fingerprint density at radius 1 is 1.05 bits per heavy atom. The Morgan fingerprint density at radius 2 is 1.73 bits per heavy atom. The molecule has 1 unspecified atom stereocenters. The van der Waals surface area contributed by atoms with Gasteiger partial charge in [0.05, 0.1) is 0 Å². The average molecular weight is 304 g/mol. The van der Waals surface area contributed by atoms with E-state index in [0.29, 0.717) is 16.7 Å². The van der Waals surface area contributed by atoms with Gasteiger partial charge >= 0.3 is 29.6 Å². The molecule has 3 nitrogen and oxygen atoms in total. The van der Waals surface area contributed by atoms with Gasteiger partial charge in [0.1, 0.15) is 0 Å². The van der Waals surface area contributed by atoms with Gasteiger partial charge in [0.25, 0.3) is 0 Å². The number of carbonyl (C=O) groups is 2. The quantitative estimate of drug-likeness (QED) is 0.559. The van der Waals surface area contributed by atoms with E-state index in [1.54, 1.807) is 31.2 Å². The number of carbonyl (C=O) groups excluding carboxylic acids is 2. The predicted molar refractivity (Wildman–Crippen MR) is 79.2 cm³/mol. The van der Waals surface area contributed by atoms with E-state index < -0.39 is 11.9 Å². The molecule has 4 heteroatoms. The van der Waals surface area contributed by atoms with E-state index in [0.717, 1.165) is 11.1 Å². The molecule has 2 aromatic rings. The molecule has 0 bridgehead atoms. The molecule has 0 aliphatic rings. The monoisotopic (exact) mass is 304 g/mol. The molecule has 0 amide bonds. The van der Waals surface area contributed by atoms with Crippen LogP contribution in [-0.4, -0.2) is 11.8 Å². The van der Waals surface area contributed by atoms with E-state index in [2.05, 4.69) is 0 Å². The molecule has 0 aliphatic heterocycles. The van der Waals surface area contributed by atoms with Crippen LogP contribution < -0.4 is 34.7 Å². The van der Waals surface area contributed by atoms with Gasteiger partial charge < -0.3 is 9.90 Å². The van der Waals surface area contributed by atoms with Crippen LogP contribution in [0.25, 0.3) is 0 Å². The van der Waals surface area contributed by atoms with Crippen LogP contribution in [0.1, 0.15) is 45.5 Å². The zero-order chi connectivity index (χ0) is 15.6. The van der Waals surface area contributed by atoms with Gasteiger partial charge in [-0.1, -0.05) is 48.9 Å². The van der Waals surface area contributed by atoms with Gasteiger partial charge in [-0.2, -0.15) is 0 Å². The molecule has 0 saturated heterocycles. The molecule has 108 valence electrons. The van der Waals surface area contributed by atoms with E-state index in [4.69, 9.17) is 0 Å². The molecule has 0 fully saturated rings. The first-order valence-corrected chi connectivity index (χ1v) is 6.83. The molecule has 0 heterocycles. The third-order valence-electron chi connectivity index (χ3n) is 3.63. The molecule has 22 heavy (non-hydrogen) atoms. The Hall–Kier alpha value is -1.42. The van der Waals surface area contributed by atoms with Crippen LogP contribution in [0, 0.1) is 13.8 Å². The van der Waals surface area contributed by atoms with Crippen molar-refractivity contribution in [3.05, 3.63) is 70.3 Å². The maximum Gasteiger partial charge on any atom is 1.00 e. The summed E-state index contributed by atoms with van der Waals surface area (Å²) in [4.78, 5) is 23.5. The standard InChI is InChI=1S/C18H18O3.Na/c1-11-7-8-16(12(2)9-11)17(19)15-6-4-5-14(10-15)13(3)18(20)21;/h4-10,13H,1-3H3,(H,20,21);/q;+1/p-1. The molecule has 0 saturated carbocycles. The Kier molecular flexibility index (Phi) is 6.54. The summed E-state index contributed by atoms with van der Waals surface area (Å²) in [6, 6.07) is 12.4. The molecule has 0 N–H and O–H groups in total. The Morgan fingerprint density at radius 3 is 2.32 bits per heavy atom. The van der Waals surface area contributed by atoms with Crippen LogP contribution in [0.15, 0.2) is 42.5 Å². The van der Waals surface area contributed by atoms with Gasteiger partial charge in [0.2, 0.25) is 0 Å². The second-order valence-electron chi connectivity index (χ2n) is 5.31. The summed E-state index contributed by atoms with van der Waals surface area (Å²) in [6.45, 7) is 5.42. The van der Waals surface area contributed by atoms with Gasteiger partial charge in [0.15, 0.2) is 5.78 Å². The number of aliphatic carboxylic acids is 1. The first kappa shape index (κ1) is 18.6. The summed E-state index contributed by atoms with van der Waals surface area (Å²) >= 11 is 0. The summed E-state index contributed by atoms with van der Waals surface area (Å²) in [5.41, 5.74) is 3.72. The van der Waals surface area contributed by atoms with Gasteiger partial charge in [-0.15, -0.1) is 0 Å². The van der Waals surface area contributed by atoms with Crippen LogP contribution in [0.2, 0.25) is 0 Å². The van der Waals surface area contributed by atoms with Crippen molar-refractivity contribution in [2.75, 3.05) is 0 Å². The smallest absolute Gasteiger partial charge is 0.550 e. The average Bonchev–Trinajstić information content (AvgIpc) is 2.46. The van der Waals surface area contributed by atoms with Gasteiger partial charge in [0, 0.05) is 23.0 Å². The minimum atomic E-state index is -1.15. The Labute approximate surface area is 152 Å². The minimum Gasteiger partial charge on any atom is -0.550 e. The van der Waals surface area contributed by atoms with Crippen molar-refractivity contribution in [3.63, 3.8) is 0 Å². The summed E-state index contributed by atoms with van der Waals surface area (Å²) in [5, 5.41) is 10.9. The number of rotatable bonds is 4. The maximum atomic E-state index is 12.6. The number of aryl methyl sites for hydroxylation is 2. The predicted octanol–water partition coefficient (Wildman–Crippen LogP) is -0.608. The van der Waals surface area contributed by atoms with E-state index >= 15 is 0 Å². The summed E-state index contributed by atoms with van der Waals surface area (Å²) in [6.07, 6.45) is 0. The van der Waals surface area contributed by atoms with Gasteiger partial charge in [-0.3, -0.25) is 4.79 Å². The van der Waals surface area contributed by atoms with Crippen LogP contribution >= 0.6 is 0 Å². The van der Waals surface area contributed by atoms with E-state index in [1.165, 1.54) is 0 Å². The summed E-state index contributed by atoms with van der Waals surface area (Å²) in [7, 11) is 0. The van der Waals surface area contributed by atoms with E-state index in [1.807, 2.05) is 32.0 Å². The number of benzene rings is 2. The van der Waals surface area contributed by atoms with Gasteiger partial charge in [-0.25, -0.2) is 0 Å². The number of ketones is 1. The number of hydrogen-bond acceptors (Lipinski definition) is 3. The molecule has 0 radical (unpaired) electrons. The van der Waals surface area contributed by atoms with Crippen molar-refractivity contribution in [3.8, 4) is 0 Å². The Balaban J connectivity index is 0.00000242. The van der Waals surface area contributed by atoms with Crippen LogP contribution in [0.3, 0.4) is 0 Å². The third kappa shape index (κ3) is 4.07. The molecule has 1 atom stereocenters. The fraction of sp³-hybridized carbons (Fsp3) is 0.222. The van der Waals surface area contributed by atoms with E-state index in [9.17, 15) is 14.7 Å². The number of carboxylic acids is 1. The first-order valence-electron chi connectivity index (χ1n) is 6.83. The molecule has 0 aliphatic carbocycles. The molecule has 2 aromatic carbocycles. The first-order chi connectivity index (χ1) is 9.90. The van der Waals surface area contributed by atoms with Crippen LogP contribution in [0.5, 0.6) is 0 Å². The van der Waals surface area contributed by atoms with Crippen molar-refractivity contribution in [1.29, 1.82) is 0 Å². The van der Waals surface area contributed by atoms with Crippen molar-refractivity contribution >= 4 is 11.8 Å². The SMILES string of the molecule is Cc1ccc(C(=O)c2cccc(C(C)C(=O)[O-])c2)c(C)c1.[Na+]. The molecule has 0 spiro atoms. The largest absolute Gasteiger partial charge is 1.00 e. The minimum absolute atomic E-state index is 0. The van der Waals surface area contributed by atoms with Crippen molar-refractivity contribution in [2.24, 2.45) is 0 Å². The second kappa shape index (κ2) is 7.73. The van der Waals surface area contributed by atoms with Crippen LogP contribution in [0.4, 0.5) is 0 Å². The fourth-order valence-electron chi connectivity index (χ4n) is 2.31. The fourth-order valence-corrected chi connectivity index (χ4v) is 2.31. The van der Waals surface area contributed by atoms with Crippen molar-refractivity contribution in [2.45, 2.75) is 26.7 Å². The maximum absolute atomic E-state index is 12.6. The Bertz CT molecular complexity index is 707. The number of carboxylic acid groups (broad SMARTS) is 1. The molecular weight excluding hydrogens is 287 g/mol. The van der Waals surface area contributed by atoms with Crippen molar-refractivity contribution < 1.29 is 44.3 Å². The second-order valence-corrected chi connectivity index (χ2v) is 5.31. The van der Waals surface area contributed by atoms with Crippen molar-refractivity contribution in [1.82, 2.24) is 0 Å². The summed E-state index contributed by atoms with van der Waals surface area (Å²) in [5.74, 6) is -1.98. The summed E-state index contributed by atoms with van der Waals surface area (Å²) < 4.78 is 0. The van der Waals surface area contributed by atoms with E-state index in [-0.39, 0.29) is 35.3 Å². The normalized spacial score (nSPS) is 11.4. The van der Waals surface area contributed by atoms with Crippen LogP contribution in [-0.2, 0) is 4.79 Å². The topological polar surface area (TPSA) is 57.2 Å². The zero-order valence-electron chi connectivity index (χ0n) is 13.3. The van der Waals surface area contributed by atoms with Gasteiger partial charge in [-0.05, 0) is 31.0 Å². The number of hydrogen-bond donors (Lipinski definition) is 0. The molecule has 2 rings (SSSR count). The zero-order valence-corrected chi connectivity index (χ0v) is 15.3. The molecule has 0 aromatic heterocycles. The third-order valence-corrected chi connectivity index (χ3v) is 3.63.